The van der Waals surface area contributed by atoms with Crippen LogP contribution in [0.3, 0.4) is 0 Å². The standard InChI is InChI=1S/C15H20N4O2/c1-2-16-15(20)9-6-10-19-11-13(17-18-19)12-21-14-7-4-3-5-8-14/h3-5,7-8,11H,2,6,9-10,12H2,1H3,(H,16,20). The van der Waals surface area contributed by atoms with Crippen LogP contribution in [0, 0.1) is 0 Å². The number of rotatable bonds is 8. The molecule has 1 aromatic carbocycles. The monoisotopic (exact) mass is 288 g/mol. The Morgan fingerprint density at radius 2 is 2.14 bits per heavy atom. The van der Waals surface area contributed by atoms with E-state index in [9.17, 15) is 4.79 Å². The largest absolute Gasteiger partial charge is 0.487 e. The smallest absolute Gasteiger partial charge is 0.220 e. The molecule has 1 aromatic heterocycles. The highest BCUT2D eigenvalue weighted by Crippen LogP contribution is 2.10. The van der Waals surface area contributed by atoms with Gasteiger partial charge in [0.1, 0.15) is 18.1 Å². The third-order valence-electron chi connectivity index (χ3n) is 2.88. The minimum atomic E-state index is 0.0743. The molecule has 112 valence electrons. The van der Waals surface area contributed by atoms with E-state index < -0.39 is 0 Å². The summed E-state index contributed by atoms with van der Waals surface area (Å²) in [6.07, 6.45) is 3.10. The summed E-state index contributed by atoms with van der Waals surface area (Å²) in [7, 11) is 0. The van der Waals surface area contributed by atoms with Crippen molar-refractivity contribution in [2.24, 2.45) is 0 Å². The zero-order valence-corrected chi connectivity index (χ0v) is 12.2. The summed E-state index contributed by atoms with van der Waals surface area (Å²) >= 11 is 0. The number of aromatic nitrogens is 3. The molecule has 0 aliphatic heterocycles. The molecule has 0 saturated heterocycles. The quantitative estimate of drug-likeness (QED) is 0.804. The number of ether oxygens (including phenoxy) is 1. The zero-order chi connectivity index (χ0) is 14.9. The van der Waals surface area contributed by atoms with E-state index in [-0.39, 0.29) is 5.91 Å². The van der Waals surface area contributed by atoms with E-state index in [1.165, 1.54) is 0 Å². The molecular weight excluding hydrogens is 268 g/mol. The Labute approximate surface area is 124 Å². The first-order valence-corrected chi connectivity index (χ1v) is 7.11. The molecule has 6 nitrogen and oxygen atoms in total. The second-order valence-corrected chi connectivity index (χ2v) is 4.63. The van der Waals surface area contributed by atoms with Crippen LogP contribution in [0.25, 0.3) is 0 Å². The van der Waals surface area contributed by atoms with Gasteiger partial charge in [-0.05, 0) is 25.5 Å². The van der Waals surface area contributed by atoms with E-state index in [2.05, 4.69) is 15.6 Å². The topological polar surface area (TPSA) is 69.0 Å². The highest BCUT2D eigenvalue weighted by molar-refractivity contribution is 5.75. The number of hydrogen-bond donors (Lipinski definition) is 1. The molecule has 1 heterocycles. The van der Waals surface area contributed by atoms with Crippen molar-refractivity contribution in [3.8, 4) is 5.75 Å². The number of para-hydroxylation sites is 1. The summed E-state index contributed by atoms with van der Waals surface area (Å²) in [6.45, 7) is 3.65. The lowest BCUT2D eigenvalue weighted by atomic mass is 10.3. The van der Waals surface area contributed by atoms with Gasteiger partial charge < -0.3 is 10.1 Å². The Morgan fingerprint density at radius 1 is 1.33 bits per heavy atom. The fourth-order valence-corrected chi connectivity index (χ4v) is 1.88. The van der Waals surface area contributed by atoms with Crippen LogP contribution in [0.4, 0.5) is 0 Å². The molecule has 6 heteroatoms. The van der Waals surface area contributed by atoms with Crippen molar-refractivity contribution in [2.75, 3.05) is 6.54 Å². The number of carbonyl (C=O) groups is 1. The minimum absolute atomic E-state index is 0.0743. The van der Waals surface area contributed by atoms with E-state index in [1.54, 1.807) is 4.68 Å². The summed E-state index contributed by atoms with van der Waals surface area (Å²) in [6, 6.07) is 9.59. The number of nitrogens with one attached hydrogen (secondary N) is 1. The van der Waals surface area contributed by atoms with Gasteiger partial charge in [0.05, 0.1) is 6.20 Å². The lowest BCUT2D eigenvalue weighted by Crippen LogP contribution is -2.22. The molecule has 21 heavy (non-hydrogen) atoms. The van der Waals surface area contributed by atoms with Crippen molar-refractivity contribution in [1.29, 1.82) is 0 Å². The minimum Gasteiger partial charge on any atom is -0.487 e. The number of carbonyl (C=O) groups excluding carboxylic acids is 1. The Bertz CT molecular complexity index is 554. The Balaban J connectivity index is 1.72. The molecule has 1 N–H and O–H groups in total. The van der Waals surface area contributed by atoms with Gasteiger partial charge in [-0.15, -0.1) is 5.10 Å². The Hall–Kier alpha value is -2.37. The van der Waals surface area contributed by atoms with Crippen LogP contribution in [0.15, 0.2) is 36.5 Å². The van der Waals surface area contributed by atoms with E-state index in [0.29, 0.717) is 26.1 Å². The number of hydrogen-bond acceptors (Lipinski definition) is 4. The third-order valence-corrected chi connectivity index (χ3v) is 2.88. The first-order valence-electron chi connectivity index (χ1n) is 7.11. The molecule has 0 saturated carbocycles. The average Bonchev–Trinajstić information content (AvgIpc) is 2.94. The summed E-state index contributed by atoms with van der Waals surface area (Å²) in [5.74, 6) is 0.883. The first-order chi connectivity index (χ1) is 10.3. The molecular formula is C15H20N4O2. The normalized spacial score (nSPS) is 10.3. The van der Waals surface area contributed by atoms with Crippen LogP contribution in [0.1, 0.15) is 25.5 Å². The fourth-order valence-electron chi connectivity index (χ4n) is 1.88. The molecule has 1 amide bonds. The third kappa shape index (κ3) is 5.25. The van der Waals surface area contributed by atoms with Gasteiger partial charge in [-0.25, -0.2) is 0 Å². The van der Waals surface area contributed by atoms with Gasteiger partial charge in [0.25, 0.3) is 0 Å². The van der Waals surface area contributed by atoms with Crippen LogP contribution in [-0.2, 0) is 17.9 Å². The van der Waals surface area contributed by atoms with Crippen molar-refractivity contribution in [1.82, 2.24) is 20.3 Å². The molecule has 2 rings (SSSR count). The first kappa shape index (κ1) is 15.0. The van der Waals surface area contributed by atoms with Crippen molar-refractivity contribution in [3.05, 3.63) is 42.2 Å². The Morgan fingerprint density at radius 3 is 2.90 bits per heavy atom. The summed E-state index contributed by atoms with van der Waals surface area (Å²) in [5.41, 5.74) is 0.775. The summed E-state index contributed by atoms with van der Waals surface area (Å²) in [5, 5.41) is 10.9. The van der Waals surface area contributed by atoms with Crippen molar-refractivity contribution in [2.45, 2.75) is 32.9 Å². The predicted octanol–water partition coefficient (Wildman–Crippen LogP) is 1.77. The zero-order valence-electron chi connectivity index (χ0n) is 12.2. The summed E-state index contributed by atoms with van der Waals surface area (Å²) < 4.78 is 7.34. The molecule has 2 aromatic rings. The SMILES string of the molecule is CCNC(=O)CCCn1cc(COc2ccccc2)nn1. The van der Waals surface area contributed by atoms with Crippen LogP contribution >= 0.6 is 0 Å². The molecule has 0 aliphatic rings. The van der Waals surface area contributed by atoms with Crippen LogP contribution < -0.4 is 10.1 Å². The van der Waals surface area contributed by atoms with Gasteiger partial charge in [0.15, 0.2) is 0 Å². The number of nitrogens with zero attached hydrogens (tertiary/aromatic N) is 3. The van der Waals surface area contributed by atoms with Gasteiger partial charge in [0.2, 0.25) is 5.91 Å². The number of amides is 1. The van der Waals surface area contributed by atoms with E-state index >= 15 is 0 Å². The van der Waals surface area contributed by atoms with Gasteiger partial charge in [-0.3, -0.25) is 9.48 Å². The van der Waals surface area contributed by atoms with E-state index in [4.69, 9.17) is 4.74 Å². The molecule has 0 bridgehead atoms. The van der Waals surface area contributed by atoms with Crippen molar-refractivity contribution >= 4 is 5.91 Å². The maximum Gasteiger partial charge on any atom is 0.220 e. The Kier molecular flexibility index (Phi) is 5.75. The average molecular weight is 288 g/mol. The second kappa shape index (κ2) is 8.04. The predicted molar refractivity (Wildman–Crippen MR) is 78.7 cm³/mol. The van der Waals surface area contributed by atoms with Gasteiger partial charge in [-0.2, -0.15) is 0 Å². The molecule has 0 atom stereocenters. The van der Waals surface area contributed by atoms with Gasteiger partial charge >= 0.3 is 0 Å². The lowest BCUT2D eigenvalue weighted by molar-refractivity contribution is -0.121. The highest BCUT2D eigenvalue weighted by atomic mass is 16.5. The molecule has 0 radical (unpaired) electrons. The van der Waals surface area contributed by atoms with Crippen LogP contribution in [0.5, 0.6) is 5.75 Å². The molecule has 0 fully saturated rings. The molecule has 0 unspecified atom stereocenters. The fraction of sp³-hybridized carbons (Fsp3) is 0.400. The van der Waals surface area contributed by atoms with E-state index in [1.807, 2.05) is 43.5 Å². The molecule has 0 spiro atoms. The van der Waals surface area contributed by atoms with Crippen molar-refractivity contribution in [3.63, 3.8) is 0 Å². The maximum absolute atomic E-state index is 11.3. The van der Waals surface area contributed by atoms with E-state index in [0.717, 1.165) is 17.9 Å². The van der Waals surface area contributed by atoms with Crippen LogP contribution in [-0.4, -0.2) is 27.4 Å². The van der Waals surface area contributed by atoms with Crippen molar-refractivity contribution < 1.29 is 9.53 Å². The summed E-state index contributed by atoms with van der Waals surface area (Å²) in [4.78, 5) is 11.3. The number of benzene rings is 1. The molecule has 0 aliphatic carbocycles. The maximum atomic E-state index is 11.3. The van der Waals surface area contributed by atoms with Gasteiger partial charge in [-0.1, -0.05) is 23.4 Å². The van der Waals surface area contributed by atoms with Gasteiger partial charge in [0, 0.05) is 19.5 Å². The lowest BCUT2D eigenvalue weighted by Gasteiger charge is -2.02. The number of aryl methyl sites for hydroxylation is 1. The highest BCUT2D eigenvalue weighted by Gasteiger charge is 2.03. The van der Waals surface area contributed by atoms with Crippen LogP contribution in [0.2, 0.25) is 0 Å². The second-order valence-electron chi connectivity index (χ2n) is 4.63.